The number of nitrogens with zero attached hydrogens (tertiary/aromatic N) is 4. The van der Waals surface area contributed by atoms with Gasteiger partial charge in [0.05, 0.1) is 62.0 Å². The van der Waals surface area contributed by atoms with Crippen molar-refractivity contribution in [3.63, 3.8) is 0 Å². The fraction of sp³-hybridized carbons (Fsp3) is 0.557. The number of aromatic nitrogens is 2. The number of Topliss-reactive ketones (excluding diaryl/α,β-unsaturated/α-hetero) is 3. The summed E-state index contributed by atoms with van der Waals surface area (Å²) in [5.41, 5.74) is -5.49. The van der Waals surface area contributed by atoms with Crippen LogP contribution in [-0.4, -0.2) is 163 Å². The number of aliphatic hydroxyl groups excluding tert-OH is 2. The molecule has 4 aromatic rings. The third kappa shape index (κ3) is 15.5. The zero-order valence-electron chi connectivity index (χ0n) is 55.5. The molecule has 5 aliphatic heterocycles. The number of aliphatic hydroxyl groups is 2. The summed E-state index contributed by atoms with van der Waals surface area (Å²) in [6.45, 7) is 9.87. The van der Waals surface area contributed by atoms with Gasteiger partial charge in [-0.1, -0.05) is 75.5 Å². The van der Waals surface area contributed by atoms with Gasteiger partial charge in [0.1, 0.15) is 45.9 Å². The molecular formula is C70H82F6N6O16. The maximum atomic E-state index is 14.1. The molecule has 7 aliphatic rings. The SMILES string of the molecule is CC(=O)c1c(O)c(C(O)C(F)(F)F)nc2ccc(C)cc12.CCOC(=O)[C@@]12C[C@H]1/C=C\CCCCC[C@H](C)C(=O)N1CC(=O)C[C@H]1C(=O)N2.CCOC(=O)[C@@]12C[C@H]1/C=C\CCCCC[C@H](C)C(=O)N1C[C@@]3(CC(=O)c4c(c(C(O)C(F)(F)F)nc5ccc(OC)cc45)O3)C[C@H]1C(=O)N2. The summed E-state index contributed by atoms with van der Waals surface area (Å²) in [5, 5.41) is 35.8. The number of amides is 4. The van der Waals surface area contributed by atoms with Gasteiger partial charge in [-0.15, -0.1) is 0 Å². The second-order valence-corrected chi connectivity index (χ2v) is 26.5. The molecule has 5 N–H and O–H groups in total. The van der Waals surface area contributed by atoms with E-state index in [0.29, 0.717) is 25.0 Å². The molecule has 98 heavy (non-hydrogen) atoms. The smallest absolute Gasteiger partial charge is 0.420 e. The van der Waals surface area contributed by atoms with Crippen LogP contribution in [-0.2, 0) is 43.0 Å². The van der Waals surface area contributed by atoms with Crippen molar-refractivity contribution < 1.29 is 104 Å². The average Bonchev–Trinajstić information content (AvgIpc) is 1.40. The van der Waals surface area contributed by atoms with Crippen LogP contribution in [0.15, 0.2) is 60.7 Å². The van der Waals surface area contributed by atoms with Crippen LogP contribution in [0.5, 0.6) is 17.2 Å². The summed E-state index contributed by atoms with van der Waals surface area (Å²) in [6.07, 6.45) is 0.424. The lowest BCUT2D eigenvalue weighted by molar-refractivity contribution is -0.208. The Balaban J connectivity index is 0.000000193. The Morgan fingerprint density at radius 2 is 1.22 bits per heavy atom. The highest BCUT2D eigenvalue weighted by Gasteiger charge is 2.64. The molecule has 11 rings (SSSR count). The molecule has 0 bridgehead atoms. The van der Waals surface area contributed by atoms with Crippen molar-refractivity contribution in [1.29, 1.82) is 0 Å². The molecule has 28 heteroatoms. The van der Waals surface area contributed by atoms with Crippen LogP contribution in [0.1, 0.15) is 181 Å². The average molecular weight is 1380 g/mol. The van der Waals surface area contributed by atoms with E-state index < -0.39 is 117 Å². The molecule has 2 aromatic carbocycles. The van der Waals surface area contributed by atoms with Crippen LogP contribution < -0.4 is 20.1 Å². The van der Waals surface area contributed by atoms with Gasteiger partial charge in [-0.3, -0.25) is 33.6 Å². The van der Waals surface area contributed by atoms with Crippen LogP contribution in [0.25, 0.3) is 21.8 Å². The van der Waals surface area contributed by atoms with Gasteiger partial charge in [0.25, 0.3) is 0 Å². The molecule has 2 saturated carbocycles. The van der Waals surface area contributed by atoms with Crippen molar-refractivity contribution in [1.82, 2.24) is 30.4 Å². The molecule has 11 atom stereocenters. The first-order valence-electron chi connectivity index (χ1n) is 33.1. The van der Waals surface area contributed by atoms with Gasteiger partial charge in [0.15, 0.2) is 41.1 Å². The van der Waals surface area contributed by atoms with E-state index in [0.717, 1.165) is 70.3 Å². The lowest BCUT2D eigenvalue weighted by Crippen LogP contribution is -2.54. The molecule has 530 valence electrons. The highest BCUT2D eigenvalue weighted by Crippen LogP contribution is 2.51. The maximum Gasteiger partial charge on any atom is 0.420 e. The Labute approximate surface area is 561 Å². The number of aryl methyl sites for hydroxylation is 1. The first kappa shape index (κ1) is 73.7. The van der Waals surface area contributed by atoms with Gasteiger partial charge in [0, 0.05) is 47.3 Å². The lowest BCUT2D eigenvalue weighted by Gasteiger charge is -2.36. The van der Waals surface area contributed by atoms with Gasteiger partial charge < -0.3 is 54.7 Å². The number of benzene rings is 2. The number of halogens is 6. The minimum absolute atomic E-state index is 0.00368. The number of allylic oxidation sites excluding steroid dienone is 2. The third-order valence-electron chi connectivity index (χ3n) is 19.2. The molecule has 22 nitrogen and oxygen atoms in total. The third-order valence-corrected chi connectivity index (χ3v) is 19.2. The first-order chi connectivity index (χ1) is 46.2. The summed E-state index contributed by atoms with van der Waals surface area (Å²) < 4.78 is 102. The number of carbonyl (C=O) groups excluding carboxylic acids is 9. The number of nitrogens with one attached hydrogen (secondary N) is 2. The van der Waals surface area contributed by atoms with Crippen LogP contribution >= 0.6 is 0 Å². The number of methoxy groups -OCH3 is 1. The van der Waals surface area contributed by atoms with Crippen LogP contribution in [0.3, 0.4) is 0 Å². The zero-order chi connectivity index (χ0) is 71.6. The zero-order valence-corrected chi connectivity index (χ0v) is 55.5. The van der Waals surface area contributed by atoms with Gasteiger partial charge >= 0.3 is 24.3 Å². The number of alkyl halides is 6. The van der Waals surface area contributed by atoms with Gasteiger partial charge in [-0.25, -0.2) is 19.6 Å². The second-order valence-electron chi connectivity index (χ2n) is 26.5. The minimum Gasteiger partial charge on any atom is -0.505 e. The standard InChI is InChI=1S/C35H40F3N3O8.C21H30N2O5.C14H12F3NO3/c1-4-48-32(46)34-15-20(34)11-9-7-5-6-8-10-19(2)31(45)41-18-33(16-24(41)30(44)40-34)17-25(42)26-22-14-21(47-3)12-13-23(22)39-27(28(26)49-33)29(43)35(36,37)38;1-3-28-20(27)21-12-15(21)10-8-6-4-5-7-9-14(2)19(26)23-13-16(24)11-17(23)18(25)22-21;1-6-3-4-9-8(5-6)10(7(2)19)12(20)11(18-9)13(21)14(15,16)17/h9,11-14,19-20,24,29,43H,4-8,10,15-18H2,1-3H3,(H,40,44);8,10,14-15,17H,3-7,9,11-13H2,1-2H3,(H,22,25);3-5,13,20-21H,1-2H3/b11-9-;10-8-;/t19-,20+,24-,29?,33-,34+;14-,15+,17-,21+;/m00./s1. The van der Waals surface area contributed by atoms with Crippen LogP contribution in [0.4, 0.5) is 26.3 Å². The lowest BCUT2D eigenvalue weighted by atomic mass is 9.85. The van der Waals surface area contributed by atoms with Crippen LogP contribution in [0, 0.1) is 30.6 Å². The van der Waals surface area contributed by atoms with Crippen molar-refractivity contribution >= 4 is 74.7 Å². The fourth-order valence-corrected chi connectivity index (χ4v) is 13.7. The molecule has 0 radical (unpaired) electrons. The van der Waals surface area contributed by atoms with Crippen molar-refractivity contribution in [3.8, 4) is 17.2 Å². The second kappa shape index (κ2) is 29.5. The number of ketones is 3. The predicted octanol–water partition coefficient (Wildman–Crippen LogP) is 9.54. The molecule has 2 unspecified atom stereocenters. The fourth-order valence-electron chi connectivity index (χ4n) is 13.7. The maximum absolute atomic E-state index is 14.1. The van der Waals surface area contributed by atoms with Crippen molar-refractivity contribution in [2.24, 2.45) is 23.7 Å². The summed E-state index contributed by atoms with van der Waals surface area (Å²) in [6, 6.07) is 6.84. The predicted molar refractivity (Wildman–Crippen MR) is 340 cm³/mol. The number of ether oxygens (including phenoxy) is 4. The van der Waals surface area contributed by atoms with E-state index in [9.17, 15) is 84.8 Å². The highest BCUT2D eigenvalue weighted by atomic mass is 19.4. The normalized spacial score (nSPS) is 28.0. The number of aromatic hydroxyl groups is 1. The number of esters is 2. The van der Waals surface area contributed by atoms with E-state index in [1.54, 1.807) is 39.8 Å². The number of pyridine rings is 2. The molecule has 2 aliphatic carbocycles. The molecule has 1 spiro atoms. The van der Waals surface area contributed by atoms with E-state index in [1.165, 1.54) is 41.2 Å². The Hall–Kier alpha value is -8.53. The Kier molecular flexibility index (Phi) is 22.2. The van der Waals surface area contributed by atoms with Crippen molar-refractivity contribution in [2.45, 2.75) is 191 Å². The molecule has 4 amide bonds. The van der Waals surface area contributed by atoms with Gasteiger partial charge in [0.2, 0.25) is 23.6 Å². The minimum atomic E-state index is -5.15. The molecule has 7 heterocycles. The van der Waals surface area contributed by atoms with E-state index in [4.69, 9.17) is 18.9 Å². The monoisotopic (exact) mass is 1380 g/mol. The number of hydrogen-bond donors (Lipinski definition) is 5. The van der Waals surface area contributed by atoms with E-state index in [2.05, 4.69) is 26.7 Å². The molecule has 2 saturated heterocycles. The first-order valence-corrected chi connectivity index (χ1v) is 33.1. The van der Waals surface area contributed by atoms with Gasteiger partial charge in [-0.2, -0.15) is 26.3 Å². The summed E-state index contributed by atoms with van der Waals surface area (Å²) in [4.78, 5) is 128. The largest absolute Gasteiger partial charge is 0.505 e. The Morgan fingerprint density at radius 3 is 1.77 bits per heavy atom. The Morgan fingerprint density at radius 1 is 0.704 bits per heavy atom. The number of carbonyl (C=O) groups is 9. The number of rotatable bonds is 8. The van der Waals surface area contributed by atoms with Crippen molar-refractivity contribution in [2.75, 3.05) is 33.4 Å². The molecule has 2 aromatic heterocycles. The van der Waals surface area contributed by atoms with E-state index in [-0.39, 0.29) is 114 Å². The van der Waals surface area contributed by atoms with E-state index >= 15 is 0 Å². The summed E-state index contributed by atoms with van der Waals surface area (Å²) in [5.74, 6) is -6.35. The highest BCUT2D eigenvalue weighted by molar-refractivity contribution is 6.12. The number of hydrogen-bond acceptors (Lipinski definition) is 18. The quantitative estimate of drug-likeness (QED) is 0.0474. The summed E-state index contributed by atoms with van der Waals surface area (Å²) in [7, 11) is 1.39. The van der Waals surface area contributed by atoms with Crippen molar-refractivity contribution in [3.05, 3.63) is 88.8 Å². The summed E-state index contributed by atoms with van der Waals surface area (Å²) >= 11 is 0. The molecular weight excluding hydrogens is 1290 g/mol. The Bertz CT molecular complexity index is 3860. The topological polar surface area (TPSA) is 308 Å². The van der Waals surface area contributed by atoms with Gasteiger partial charge in [-0.05, 0) is 109 Å². The van der Waals surface area contributed by atoms with Crippen LogP contribution in [0.2, 0.25) is 0 Å². The van der Waals surface area contributed by atoms with E-state index in [1.807, 2.05) is 25.2 Å². The molecule has 4 fully saturated rings. The number of fused-ring (bicyclic) bond motifs is 8.